The van der Waals surface area contributed by atoms with Crippen LogP contribution in [0, 0.1) is 5.41 Å². The molecule has 0 aromatic heterocycles. The van der Waals surface area contributed by atoms with E-state index >= 15 is 0 Å². The standard InChI is InChI=1S/C6H7N3/c7-3-5-4-9-2-1-6(5)8/h1-4,8H,7H2/b5-3-,8-6?. The second-order valence-corrected chi connectivity index (χ2v) is 1.63. The molecule has 0 radical (unpaired) electrons. The van der Waals surface area contributed by atoms with Crippen LogP contribution in [0.15, 0.2) is 29.0 Å². The van der Waals surface area contributed by atoms with E-state index in [0.717, 1.165) is 0 Å². The van der Waals surface area contributed by atoms with Gasteiger partial charge in [0.15, 0.2) is 0 Å². The van der Waals surface area contributed by atoms with Crippen molar-refractivity contribution in [2.45, 2.75) is 0 Å². The molecular weight excluding hydrogens is 114 g/mol. The highest BCUT2D eigenvalue weighted by molar-refractivity contribution is 6.21. The summed E-state index contributed by atoms with van der Waals surface area (Å²) in [4.78, 5) is 3.79. The highest BCUT2D eigenvalue weighted by Gasteiger charge is 1.99. The molecule has 46 valence electrons. The summed E-state index contributed by atoms with van der Waals surface area (Å²) in [5, 5.41) is 7.22. The van der Waals surface area contributed by atoms with Crippen LogP contribution < -0.4 is 5.73 Å². The SMILES string of the molecule is N=C1C=CN=C/C1=C/N. The molecule has 0 saturated carbocycles. The van der Waals surface area contributed by atoms with Gasteiger partial charge in [-0.3, -0.25) is 4.99 Å². The molecule has 1 heterocycles. The zero-order valence-corrected chi connectivity index (χ0v) is 4.83. The van der Waals surface area contributed by atoms with Crippen LogP contribution in [-0.2, 0) is 0 Å². The van der Waals surface area contributed by atoms with Crippen molar-refractivity contribution in [2.24, 2.45) is 10.7 Å². The number of allylic oxidation sites excluding steroid dienone is 2. The topological polar surface area (TPSA) is 62.2 Å². The van der Waals surface area contributed by atoms with Crippen molar-refractivity contribution < 1.29 is 0 Å². The second-order valence-electron chi connectivity index (χ2n) is 1.63. The Labute approximate surface area is 53.1 Å². The molecule has 3 nitrogen and oxygen atoms in total. The molecule has 3 N–H and O–H groups in total. The van der Waals surface area contributed by atoms with Crippen LogP contribution in [0.4, 0.5) is 0 Å². The number of nitrogens with zero attached hydrogens (tertiary/aromatic N) is 1. The first-order chi connectivity index (χ1) is 4.34. The molecule has 0 amide bonds. The van der Waals surface area contributed by atoms with Crippen molar-refractivity contribution >= 4 is 11.9 Å². The molecule has 0 aliphatic carbocycles. The number of hydrogen-bond acceptors (Lipinski definition) is 3. The first-order valence-corrected chi connectivity index (χ1v) is 2.55. The molecule has 0 unspecified atom stereocenters. The quantitative estimate of drug-likeness (QED) is 0.480. The lowest BCUT2D eigenvalue weighted by Crippen LogP contribution is -2.04. The number of aliphatic imine (C=N–C) groups is 1. The minimum absolute atomic E-state index is 0.410. The maximum atomic E-state index is 7.22. The Balaban J connectivity index is 2.91. The van der Waals surface area contributed by atoms with Crippen molar-refractivity contribution in [1.82, 2.24) is 0 Å². The third-order valence-electron chi connectivity index (χ3n) is 1.03. The summed E-state index contributed by atoms with van der Waals surface area (Å²) < 4.78 is 0. The van der Waals surface area contributed by atoms with Crippen molar-refractivity contribution in [3.05, 3.63) is 24.0 Å². The zero-order chi connectivity index (χ0) is 6.69. The van der Waals surface area contributed by atoms with Gasteiger partial charge in [-0.1, -0.05) is 0 Å². The third kappa shape index (κ3) is 1.05. The first kappa shape index (κ1) is 5.75. The minimum Gasteiger partial charge on any atom is -0.404 e. The molecule has 0 aromatic carbocycles. The Morgan fingerprint density at radius 3 is 2.89 bits per heavy atom. The molecule has 1 aliphatic rings. The molecule has 0 aromatic rings. The van der Waals surface area contributed by atoms with Gasteiger partial charge < -0.3 is 11.1 Å². The summed E-state index contributed by atoms with van der Waals surface area (Å²) in [6, 6.07) is 0. The fourth-order valence-electron chi connectivity index (χ4n) is 0.539. The van der Waals surface area contributed by atoms with E-state index in [0.29, 0.717) is 11.3 Å². The van der Waals surface area contributed by atoms with E-state index in [9.17, 15) is 0 Å². The van der Waals surface area contributed by atoms with E-state index in [1.807, 2.05) is 0 Å². The van der Waals surface area contributed by atoms with Gasteiger partial charge in [0.05, 0.1) is 5.71 Å². The molecular formula is C6H7N3. The fourth-order valence-corrected chi connectivity index (χ4v) is 0.539. The maximum absolute atomic E-state index is 7.22. The van der Waals surface area contributed by atoms with Crippen LogP contribution in [0.5, 0.6) is 0 Å². The largest absolute Gasteiger partial charge is 0.404 e. The Hall–Kier alpha value is -1.38. The molecule has 0 bridgehead atoms. The number of nitrogens with one attached hydrogen (secondary N) is 1. The summed E-state index contributed by atoms with van der Waals surface area (Å²) in [6.45, 7) is 0. The van der Waals surface area contributed by atoms with Crippen LogP contribution in [0.1, 0.15) is 0 Å². The normalized spacial score (nSPS) is 21.3. The number of hydrogen-bond donors (Lipinski definition) is 2. The highest BCUT2D eigenvalue weighted by atomic mass is 14.7. The van der Waals surface area contributed by atoms with Gasteiger partial charge in [0.25, 0.3) is 0 Å². The van der Waals surface area contributed by atoms with Gasteiger partial charge in [-0.25, -0.2) is 0 Å². The van der Waals surface area contributed by atoms with E-state index in [4.69, 9.17) is 11.1 Å². The molecule has 0 spiro atoms. The minimum atomic E-state index is 0.410. The van der Waals surface area contributed by atoms with Crippen LogP contribution in [0.3, 0.4) is 0 Å². The van der Waals surface area contributed by atoms with Gasteiger partial charge in [0.1, 0.15) is 0 Å². The van der Waals surface area contributed by atoms with Crippen molar-refractivity contribution in [3.63, 3.8) is 0 Å². The van der Waals surface area contributed by atoms with Crippen LogP contribution in [0.25, 0.3) is 0 Å². The van der Waals surface area contributed by atoms with Gasteiger partial charge in [0.2, 0.25) is 0 Å². The number of nitrogens with two attached hydrogens (primary N) is 1. The Morgan fingerprint density at radius 1 is 1.67 bits per heavy atom. The lowest BCUT2D eigenvalue weighted by molar-refractivity contribution is 1.45. The van der Waals surface area contributed by atoms with Gasteiger partial charge in [-0.05, 0) is 6.08 Å². The third-order valence-corrected chi connectivity index (χ3v) is 1.03. The molecule has 1 rings (SSSR count). The predicted molar refractivity (Wildman–Crippen MR) is 37.6 cm³/mol. The predicted octanol–water partition coefficient (Wildman–Crippen LogP) is 0.447. The zero-order valence-electron chi connectivity index (χ0n) is 4.83. The lowest BCUT2D eigenvalue weighted by Gasteiger charge is -1.99. The molecule has 9 heavy (non-hydrogen) atoms. The Kier molecular flexibility index (Phi) is 1.44. The van der Waals surface area contributed by atoms with Gasteiger partial charge >= 0.3 is 0 Å². The summed E-state index contributed by atoms with van der Waals surface area (Å²) in [7, 11) is 0. The summed E-state index contributed by atoms with van der Waals surface area (Å²) >= 11 is 0. The summed E-state index contributed by atoms with van der Waals surface area (Å²) in [5.74, 6) is 0. The fraction of sp³-hybridized carbons (Fsp3) is 0. The van der Waals surface area contributed by atoms with E-state index in [1.165, 1.54) is 6.20 Å². The van der Waals surface area contributed by atoms with E-state index in [-0.39, 0.29) is 0 Å². The average molecular weight is 121 g/mol. The van der Waals surface area contributed by atoms with Crippen molar-refractivity contribution in [2.75, 3.05) is 0 Å². The number of rotatable bonds is 0. The second kappa shape index (κ2) is 2.26. The van der Waals surface area contributed by atoms with Gasteiger partial charge in [0, 0.05) is 24.2 Å². The van der Waals surface area contributed by atoms with Crippen LogP contribution in [-0.4, -0.2) is 11.9 Å². The van der Waals surface area contributed by atoms with E-state index in [1.54, 1.807) is 18.5 Å². The summed E-state index contributed by atoms with van der Waals surface area (Å²) in [6.07, 6.45) is 6.09. The Morgan fingerprint density at radius 2 is 2.44 bits per heavy atom. The lowest BCUT2D eigenvalue weighted by atomic mass is 10.1. The van der Waals surface area contributed by atoms with Crippen LogP contribution in [0.2, 0.25) is 0 Å². The molecule has 3 heteroatoms. The van der Waals surface area contributed by atoms with Crippen molar-refractivity contribution in [1.29, 1.82) is 5.41 Å². The van der Waals surface area contributed by atoms with Crippen LogP contribution >= 0.6 is 0 Å². The van der Waals surface area contributed by atoms with Crippen molar-refractivity contribution in [3.8, 4) is 0 Å². The maximum Gasteiger partial charge on any atom is 0.0657 e. The molecule has 0 atom stereocenters. The van der Waals surface area contributed by atoms with Gasteiger partial charge in [-0.2, -0.15) is 0 Å². The molecule has 1 aliphatic heterocycles. The Bertz CT molecular complexity index is 210. The first-order valence-electron chi connectivity index (χ1n) is 2.55. The van der Waals surface area contributed by atoms with E-state index < -0.39 is 0 Å². The monoisotopic (exact) mass is 121 g/mol. The average Bonchev–Trinajstić information content (AvgIpc) is 1.89. The summed E-state index contributed by atoms with van der Waals surface area (Å²) in [5.41, 5.74) is 6.24. The van der Waals surface area contributed by atoms with Gasteiger partial charge in [-0.15, -0.1) is 0 Å². The molecule has 0 fully saturated rings. The highest BCUT2D eigenvalue weighted by Crippen LogP contribution is 1.98. The smallest absolute Gasteiger partial charge is 0.0657 e. The molecule has 0 saturated heterocycles. The van der Waals surface area contributed by atoms with E-state index in [2.05, 4.69) is 4.99 Å².